The molecule has 10 heteroatoms. The number of nitrogens with zero attached hydrogens (tertiary/aromatic N) is 6. The summed E-state index contributed by atoms with van der Waals surface area (Å²) in [5.41, 5.74) is 9.65. The number of pyridine rings is 1. The molecule has 0 aromatic carbocycles. The average molecular weight is 586 g/mol. The number of nitrogen functional groups attached to an aromatic ring is 1. The van der Waals surface area contributed by atoms with Crippen molar-refractivity contribution in [2.45, 2.75) is 54.6 Å². The topological polar surface area (TPSA) is 94.9 Å². The van der Waals surface area contributed by atoms with E-state index in [1.165, 1.54) is 0 Å². The van der Waals surface area contributed by atoms with E-state index in [9.17, 15) is 4.79 Å². The maximum absolute atomic E-state index is 13.6. The zero-order valence-corrected chi connectivity index (χ0v) is 23.1. The summed E-state index contributed by atoms with van der Waals surface area (Å²) in [6, 6.07) is 0. The molecule has 33 heavy (non-hydrogen) atoms. The molecule has 0 amide bonds. The van der Waals surface area contributed by atoms with E-state index in [1.807, 2.05) is 20.0 Å². The van der Waals surface area contributed by atoms with Gasteiger partial charge in [-0.15, -0.1) is 0 Å². The number of rotatable bonds is 9. The molecule has 3 heterocycles. The predicted molar refractivity (Wildman–Crippen MR) is 143 cm³/mol. The summed E-state index contributed by atoms with van der Waals surface area (Å²) in [6.45, 7) is 16.3. The number of fused-ring (bicyclic) bond motifs is 1. The summed E-state index contributed by atoms with van der Waals surface area (Å²) in [7, 11) is 0. The average Bonchev–Trinajstić information content (AvgIpc) is 2.97. The number of hydrogen-bond donors (Lipinski definition) is 1. The molecule has 0 radical (unpaired) electrons. The van der Waals surface area contributed by atoms with Crippen molar-refractivity contribution < 1.29 is 0 Å². The molecular formula is C23H33ClIN7O. The van der Waals surface area contributed by atoms with E-state index in [-0.39, 0.29) is 16.8 Å². The molecule has 2 N–H and O–H groups in total. The molecule has 0 unspecified atom stereocenters. The molecule has 0 saturated heterocycles. The van der Waals surface area contributed by atoms with E-state index in [4.69, 9.17) is 17.3 Å². The Morgan fingerprint density at radius 2 is 1.76 bits per heavy atom. The lowest BCUT2D eigenvalue weighted by Gasteiger charge is -2.26. The van der Waals surface area contributed by atoms with Gasteiger partial charge in [-0.3, -0.25) is 14.1 Å². The number of imidazole rings is 1. The van der Waals surface area contributed by atoms with Crippen molar-refractivity contribution in [2.75, 3.05) is 25.4 Å². The summed E-state index contributed by atoms with van der Waals surface area (Å²) >= 11 is 8.80. The Bertz CT molecular complexity index is 1190. The van der Waals surface area contributed by atoms with Crippen LogP contribution < -0.4 is 11.4 Å². The zero-order valence-electron chi connectivity index (χ0n) is 20.2. The first kappa shape index (κ1) is 25.9. The smallest absolute Gasteiger partial charge is 0.330 e. The number of aromatic nitrogens is 5. The van der Waals surface area contributed by atoms with Crippen LogP contribution in [0.5, 0.6) is 0 Å². The maximum Gasteiger partial charge on any atom is 0.330 e. The Morgan fingerprint density at radius 1 is 1.12 bits per heavy atom. The van der Waals surface area contributed by atoms with E-state index in [0.717, 1.165) is 40.0 Å². The molecule has 3 rings (SSSR count). The Morgan fingerprint density at radius 3 is 2.36 bits per heavy atom. The minimum atomic E-state index is -0.183. The van der Waals surface area contributed by atoms with Gasteiger partial charge in [0.2, 0.25) is 5.95 Å². The lowest BCUT2D eigenvalue weighted by molar-refractivity contribution is 0.211. The quantitative estimate of drug-likeness (QED) is 0.300. The van der Waals surface area contributed by atoms with Gasteiger partial charge >= 0.3 is 5.69 Å². The largest absolute Gasteiger partial charge is 0.368 e. The number of halogens is 2. The Balaban J connectivity index is 2.05. The van der Waals surface area contributed by atoms with Crippen LogP contribution >= 0.6 is 34.2 Å². The van der Waals surface area contributed by atoms with Gasteiger partial charge in [0.15, 0.2) is 10.8 Å². The van der Waals surface area contributed by atoms with Gasteiger partial charge in [-0.1, -0.05) is 39.3 Å². The molecule has 0 aliphatic carbocycles. The van der Waals surface area contributed by atoms with Gasteiger partial charge in [-0.2, -0.15) is 9.97 Å². The molecule has 180 valence electrons. The number of nitrogens with two attached hydrogens (primary N) is 1. The second kappa shape index (κ2) is 10.7. The highest BCUT2D eigenvalue weighted by Gasteiger charge is 2.21. The first-order chi connectivity index (χ1) is 15.5. The Labute approximate surface area is 213 Å². The molecule has 0 spiro atoms. The Hall–Kier alpha value is -1.72. The van der Waals surface area contributed by atoms with Gasteiger partial charge < -0.3 is 10.6 Å². The molecule has 0 atom stereocenters. The van der Waals surface area contributed by atoms with Crippen molar-refractivity contribution in [3.8, 4) is 0 Å². The van der Waals surface area contributed by atoms with Crippen molar-refractivity contribution >= 4 is 51.3 Å². The first-order valence-corrected chi connectivity index (χ1v) is 12.7. The van der Waals surface area contributed by atoms with E-state index in [0.29, 0.717) is 36.1 Å². The molecule has 3 aromatic rings. The molecule has 0 aliphatic rings. The summed E-state index contributed by atoms with van der Waals surface area (Å²) in [4.78, 5) is 29.1. The van der Waals surface area contributed by atoms with Crippen LogP contribution in [-0.2, 0) is 13.1 Å². The standard InChI is InChI=1S/C23H33ClIN7O/c1-13(2)10-30(11-14(3)4)7-8-31-19-20(24)28-22(26)29-21(19)32(23(31)33)12-17-16(6)18(25)15(5)9-27-17/h9,13-14H,7-8,10-12H2,1-6H3,(H2,26,28,29). The molecule has 0 aliphatic heterocycles. The van der Waals surface area contributed by atoms with Crippen LogP contribution in [0.15, 0.2) is 11.0 Å². The lowest BCUT2D eigenvalue weighted by Crippen LogP contribution is -2.36. The van der Waals surface area contributed by atoms with Gasteiger partial charge in [0.1, 0.15) is 5.52 Å². The first-order valence-electron chi connectivity index (χ1n) is 11.2. The fraction of sp³-hybridized carbons (Fsp3) is 0.565. The number of anilines is 1. The molecule has 0 saturated carbocycles. The van der Waals surface area contributed by atoms with Crippen LogP contribution in [-0.4, -0.2) is 48.6 Å². The van der Waals surface area contributed by atoms with Gasteiger partial charge in [0.25, 0.3) is 0 Å². The lowest BCUT2D eigenvalue weighted by atomic mass is 10.1. The van der Waals surface area contributed by atoms with Gasteiger partial charge in [-0.05, 0) is 59.4 Å². The highest BCUT2D eigenvalue weighted by molar-refractivity contribution is 14.1. The molecule has 0 bridgehead atoms. The third-order valence-corrected chi connectivity index (χ3v) is 7.47. The van der Waals surface area contributed by atoms with Gasteiger partial charge in [-0.25, -0.2) is 4.79 Å². The van der Waals surface area contributed by atoms with Gasteiger partial charge in [0, 0.05) is 35.9 Å². The normalized spacial score (nSPS) is 12.1. The minimum absolute atomic E-state index is 0.0443. The van der Waals surface area contributed by atoms with Crippen molar-refractivity contribution in [3.05, 3.63) is 42.2 Å². The Kier molecular flexibility index (Phi) is 8.39. The number of aryl methyl sites for hydroxylation is 1. The van der Waals surface area contributed by atoms with Gasteiger partial charge in [0.05, 0.1) is 12.2 Å². The zero-order chi connectivity index (χ0) is 24.4. The van der Waals surface area contributed by atoms with Crippen molar-refractivity contribution in [2.24, 2.45) is 11.8 Å². The second-order valence-electron chi connectivity index (χ2n) is 9.44. The molecule has 3 aromatic heterocycles. The van der Waals surface area contributed by atoms with Crippen LogP contribution in [0.25, 0.3) is 11.2 Å². The van der Waals surface area contributed by atoms with E-state index < -0.39 is 0 Å². The molecule has 8 nitrogen and oxygen atoms in total. The fourth-order valence-corrected chi connectivity index (χ4v) is 4.85. The predicted octanol–water partition coefficient (Wildman–Crippen LogP) is 4.11. The van der Waals surface area contributed by atoms with Crippen LogP contribution in [0.2, 0.25) is 5.15 Å². The van der Waals surface area contributed by atoms with Crippen LogP contribution in [0.4, 0.5) is 5.95 Å². The van der Waals surface area contributed by atoms with Crippen LogP contribution in [0.3, 0.4) is 0 Å². The molecular weight excluding hydrogens is 553 g/mol. The van der Waals surface area contributed by atoms with Crippen molar-refractivity contribution in [1.29, 1.82) is 0 Å². The highest BCUT2D eigenvalue weighted by atomic mass is 127. The van der Waals surface area contributed by atoms with E-state index >= 15 is 0 Å². The SMILES string of the molecule is Cc1cnc(Cn2c(=O)n(CCN(CC(C)C)CC(C)C)c3c(Cl)nc(N)nc32)c(C)c1I. The second-order valence-corrected chi connectivity index (χ2v) is 10.9. The van der Waals surface area contributed by atoms with E-state index in [2.05, 4.69) is 70.1 Å². The monoisotopic (exact) mass is 585 g/mol. The number of hydrogen-bond acceptors (Lipinski definition) is 6. The summed E-state index contributed by atoms with van der Waals surface area (Å²) < 4.78 is 4.42. The highest BCUT2D eigenvalue weighted by Crippen LogP contribution is 2.23. The minimum Gasteiger partial charge on any atom is -0.368 e. The summed E-state index contributed by atoms with van der Waals surface area (Å²) in [6.07, 6.45) is 1.83. The molecule has 0 fully saturated rings. The third kappa shape index (κ3) is 5.86. The van der Waals surface area contributed by atoms with Crippen molar-refractivity contribution in [1.82, 2.24) is 29.0 Å². The maximum atomic E-state index is 13.6. The fourth-order valence-electron chi connectivity index (χ4n) is 4.13. The van der Waals surface area contributed by atoms with Crippen molar-refractivity contribution in [3.63, 3.8) is 0 Å². The van der Waals surface area contributed by atoms with Crippen LogP contribution in [0.1, 0.15) is 44.5 Å². The summed E-state index contributed by atoms with van der Waals surface area (Å²) in [5, 5.41) is 0.191. The summed E-state index contributed by atoms with van der Waals surface area (Å²) in [5.74, 6) is 1.11. The third-order valence-electron chi connectivity index (χ3n) is 5.54. The van der Waals surface area contributed by atoms with E-state index in [1.54, 1.807) is 9.13 Å². The van der Waals surface area contributed by atoms with Crippen LogP contribution in [0, 0.1) is 29.3 Å².